The molecule has 0 radical (unpaired) electrons. The van der Waals surface area contributed by atoms with Gasteiger partial charge in [-0.3, -0.25) is 4.79 Å². The van der Waals surface area contributed by atoms with Crippen LogP contribution in [0.2, 0.25) is 0 Å². The number of likely N-dealkylation sites (N-methyl/N-ethyl adjacent to an activating group) is 1. The van der Waals surface area contributed by atoms with Gasteiger partial charge in [-0.1, -0.05) is 12.1 Å². The van der Waals surface area contributed by atoms with Gasteiger partial charge in [0.25, 0.3) is 5.56 Å². The minimum atomic E-state index is -0.216. The SMILES string of the molecule is C=CCn1c(=O)c2cnc(Nc3ccc(N4CCN(C)CC4)c(C)c3)nc2n1-c1cccc(C#N)c1. The molecule has 2 aromatic heterocycles. The maximum atomic E-state index is 13.1. The molecule has 5 rings (SSSR count). The molecular formula is C27H28N8O. The quantitative estimate of drug-likeness (QED) is 0.423. The molecule has 4 aromatic rings. The van der Waals surface area contributed by atoms with Gasteiger partial charge in [0, 0.05) is 43.8 Å². The van der Waals surface area contributed by atoms with E-state index in [1.165, 1.54) is 11.3 Å². The van der Waals surface area contributed by atoms with Crippen molar-refractivity contribution in [1.82, 2.24) is 24.2 Å². The summed E-state index contributed by atoms with van der Waals surface area (Å²) in [5.41, 5.74) is 4.68. The zero-order valence-corrected chi connectivity index (χ0v) is 20.5. The number of anilines is 3. The number of aromatic nitrogens is 4. The molecule has 0 bridgehead atoms. The summed E-state index contributed by atoms with van der Waals surface area (Å²) >= 11 is 0. The zero-order valence-electron chi connectivity index (χ0n) is 20.5. The van der Waals surface area contributed by atoms with Gasteiger partial charge in [-0.15, -0.1) is 6.58 Å². The highest BCUT2D eigenvalue weighted by Gasteiger charge is 2.18. The molecule has 0 aliphatic carbocycles. The van der Waals surface area contributed by atoms with Gasteiger partial charge < -0.3 is 15.1 Å². The number of piperazine rings is 1. The molecule has 0 atom stereocenters. The van der Waals surface area contributed by atoms with E-state index in [1.54, 1.807) is 39.8 Å². The van der Waals surface area contributed by atoms with E-state index < -0.39 is 0 Å². The molecule has 36 heavy (non-hydrogen) atoms. The van der Waals surface area contributed by atoms with E-state index >= 15 is 0 Å². The number of rotatable bonds is 6. The minimum Gasteiger partial charge on any atom is -0.369 e. The first-order valence-electron chi connectivity index (χ1n) is 11.9. The first-order valence-corrected chi connectivity index (χ1v) is 11.9. The maximum Gasteiger partial charge on any atom is 0.278 e. The minimum absolute atomic E-state index is 0.216. The van der Waals surface area contributed by atoms with E-state index in [1.807, 2.05) is 12.1 Å². The van der Waals surface area contributed by atoms with Crippen molar-refractivity contribution in [1.29, 1.82) is 5.26 Å². The zero-order chi connectivity index (χ0) is 25.2. The summed E-state index contributed by atoms with van der Waals surface area (Å²) in [6.07, 6.45) is 3.20. The van der Waals surface area contributed by atoms with Gasteiger partial charge in [0.2, 0.25) is 5.95 Å². The summed E-state index contributed by atoms with van der Waals surface area (Å²) in [4.78, 5) is 27.0. The highest BCUT2D eigenvalue weighted by molar-refractivity contribution is 5.77. The Kier molecular flexibility index (Phi) is 6.27. The standard InChI is InChI=1S/C27H28N8O/c1-4-10-34-26(36)23-18-29-27(31-25(23)35(34)22-7-5-6-20(16-22)17-28)30-21-8-9-24(19(2)15-21)33-13-11-32(3)12-14-33/h4-9,15-16,18H,1,10-14H2,2-3H3,(H,29,30,31). The van der Waals surface area contributed by atoms with Gasteiger partial charge in [-0.05, 0) is 55.9 Å². The number of nitrogens with zero attached hydrogens (tertiary/aromatic N) is 7. The van der Waals surface area contributed by atoms with E-state index in [4.69, 9.17) is 4.98 Å². The fraction of sp³-hybridized carbons (Fsp3) is 0.259. The average Bonchev–Trinajstić information content (AvgIpc) is 3.16. The lowest BCUT2D eigenvalue weighted by molar-refractivity contribution is 0.312. The second-order valence-corrected chi connectivity index (χ2v) is 9.00. The second kappa shape index (κ2) is 9.68. The molecule has 0 unspecified atom stereocenters. The van der Waals surface area contributed by atoms with Crippen LogP contribution >= 0.6 is 0 Å². The van der Waals surface area contributed by atoms with Gasteiger partial charge in [-0.25, -0.2) is 14.3 Å². The average molecular weight is 481 g/mol. The van der Waals surface area contributed by atoms with Crippen molar-refractivity contribution in [2.75, 3.05) is 43.4 Å². The van der Waals surface area contributed by atoms with Crippen LogP contribution in [-0.2, 0) is 6.54 Å². The van der Waals surface area contributed by atoms with Crippen LogP contribution in [0.1, 0.15) is 11.1 Å². The summed E-state index contributed by atoms with van der Waals surface area (Å²) in [5.74, 6) is 0.384. The smallest absolute Gasteiger partial charge is 0.278 e. The number of nitriles is 1. The summed E-state index contributed by atoms with van der Waals surface area (Å²) in [5, 5.41) is 13.0. The van der Waals surface area contributed by atoms with Gasteiger partial charge in [0.05, 0.1) is 23.9 Å². The summed E-state index contributed by atoms with van der Waals surface area (Å²) in [7, 11) is 2.15. The molecule has 182 valence electrons. The van der Waals surface area contributed by atoms with Crippen molar-refractivity contribution in [3.63, 3.8) is 0 Å². The van der Waals surface area contributed by atoms with Crippen molar-refractivity contribution in [3.05, 3.63) is 82.8 Å². The molecule has 0 saturated carbocycles. The third-order valence-corrected chi connectivity index (χ3v) is 6.49. The van der Waals surface area contributed by atoms with Crippen LogP contribution in [0.3, 0.4) is 0 Å². The second-order valence-electron chi connectivity index (χ2n) is 9.00. The largest absolute Gasteiger partial charge is 0.369 e. The van der Waals surface area contributed by atoms with E-state index in [2.05, 4.69) is 58.9 Å². The van der Waals surface area contributed by atoms with Gasteiger partial charge >= 0.3 is 0 Å². The van der Waals surface area contributed by atoms with Crippen LogP contribution in [0.15, 0.2) is 66.1 Å². The molecule has 0 amide bonds. The van der Waals surface area contributed by atoms with E-state index in [9.17, 15) is 10.1 Å². The van der Waals surface area contributed by atoms with Crippen LogP contribution in [0.25, 0.3) is 16.7 Å². The summed E-state index contributed by atoms with van der Waals surface area (Å²) < 4.78 is 3.26. The van der Waals surface area contributed by atoms with Crippen LogP contribution in [0.5, 0.6) is 0 Å². The Balaban J connectivity index is 1.51. The molecule has 0 spiro atoms. The first kappa shape index (κ1) is 23.3. The fourth-order valence-electron chi connectivity index (χ4n) is 4.61. The topological polar surface area (TPSA) is 95.0 Å². The number of nitrogens with one attached hydrogen (secondary N) is 1. The van der Waals surface area contributed by atoms with Crippen LogP contribution in [0, 0.1) is 18.3 Å². The molecule has 1 aliphatic rings. The molecule has 9 heteroatoms. The number of benzene rings is 2. The van der Waals surface area contributed by atoms with E-state index in [-0.39, 0.29) is 5.56 Å². The lowest BCUT2D eigenvalue weighted by Gasteiger charge is -2.35. The van der Waals surface area contributed by atoms with Gasteiger partial charge in [0.1, 0.15) is 5.39 Å². The van der Waals surface area contributed by atoms with Crippen LogP contribution < -0.4 is 15.8 Å². The van der Waals surface area contributed by atoms with Gasteiger partial charge in [0.15, 0.2) is 5.65 Å². The molecule has 9 nitrogen and oxygen atoms in total. The van der Waals surface area contributed by atoms with Crippen LogP contribution in [0.4, 0.5) is 17.3 Å². The van der Waals surface area contributed by atoms with Crippen LogP contribution in [-0.4, -0.2) is 57.5 Å². The van der Waals surface area contributed by atoms with E-state index in [0.717, 1.165) is 31.9 Å². The molecular weight excluding hydrogens is 452 g/mol. The highest BCUT2D eigenvalue weighted by Crippen LogP contribution is 2.26. The highest BCUT2D eigenvalue weighted by atomic mass is 16.1. The van der Waals surface area contributed by atoms with Crippen molar-refractivity contribution in [3.8, 4) is 11.8 Å². The Hall–Kier alpha value is -4.42. The predicted molar refractivity (Wildman–Crippen MR) is 142 cm³/mol. The Morgan fingerprint density at radius 2 is 1.97 bits per heavy atom. The maximum absolute atomic E-state index is 13.1. The van der Waals surface area contributed by atoms with Crippen molar-refractivity contribution < 1.29 is 0 Å². The summed E-state index contributed by atoms with van der Waals surface area (Å²) in [6, 6.07) is 15.5. The lowest BCUT2D eigenvalue weighted by Crippen LogP contribution is -2.44. The summed E-state index contributed by atoms with van der Waals surface area (Å²) in [6.45, 7) is 10.3. The third kappa shape index (κ3) is 4.34. The number of hydrogen-bond donors (Lipinski definition) is 1. The normalized spacial score (nSPS) is 14.1. The van der Waals surface area contributed by atoms with Gasteiger partial charge in [-0.2, -0.15) is 10.2 Å². The molecule has 1 aliphatic heterocycles. The fourth-order valence-corrected chi connectivity index (χ4v) is 4.61. The lowest BCUT2D eigenvalue weighted by atomic mass is 10.1. The van der Waals surface area contributed by atoms with Crippen molar-refractivity contribution in [2.24, 2.45) is 0 Å². The van der Waals surface area contributed by atoms with Crippen molar-refractivity contribution in [2.45, 2.75) is 13.5 Å². The monoisotopic (exact) mass is 480 g/mol. The molecule has 1 fully saturated rings. The Morgan fingerprint density at radius 1 is 1.17 bits per heavy atom. The number of allylic oxidation sites excluding steroid dienone is 1. The van der Waals surface area contributed by atoms with E-state index in [0.29, 0.717) is 34.8 Å². The molecule has 3 heterocycles. The predicted octanol–water partition coefficient (Wildman–Crippen LogP) is 3.44. The third-order valence-electron chi connectivity index (χ3n) is 6.49. The Labute approximate surface area is 209 Å². The number of hydrogen-bond acceptors (Lipinski definition) is 7. The number of fused-ring (bicyclic) bond motifs is 1. The Bertz CT molecular complexity index is 1540. The first-order chi connectivity index (χ1) is 17.5. The Morgan fingerprint density at radius 3 is 2.69 bits per heavy atom. The number of aryl methyl sites for hydroxylation is 1. The molecule has 1 saturated heterocycles. The molecule has 1 N–H and O–H groups in total. The molecule has 2 aromatic carbocycles. The van der Waals surface area contributed by atoms with Crippen molar-refractivity contribution >= 4 is 28.4 Å².